The molecule has 2 aliphatic rings. The quantitative estimate of drug-likeness (QED) is 0.886. The van der Waals surface area contributed by atoms with Crippen LogP contribution in [0.2, 0.25) is 0 Å². The number of aliphatic hydroxyl groups is 1. The average Bonchev–Trinajstić information content (AvgIpc) is 2.93. The minimum atomic E-state index is -0.310. The van der Waals surface area contributed by atoms with Gasteiger partial charge in [-0.05, 0) is 43.0 Å². The van der Waals surface area contributed by atoms with Crippen molar-refractivity contribution in [1.29, 1.82) is 0 Å². The van der Waals surface area contributed by atoms with E-state index in [1.165, 1.54) is 22.0 Å². The summed E-state index contributed by atoms with van der Waals surface area (Å²) in [5.74, 6) is 0.266. The second-order valence-electron chi connectivity index (χ2n) is 6.55. The third kappa shape index (κ3) is 1.67. The molecule has 0 unspecified atom stereocenters. The van der Waals surface area contributed by atoms with Crippen molar-refractivity contribution >= 4 is 10.9 Å². The number of H-pyrrole nitrogens is 1. The van der Waals surface area contributed by atoms with Crippen molar-refractivity contribution in [2.45, 2.75) is 24.5 Å². The van der Waals surface area contributed by atoms with E-state index in [1.807, 2.05) is 7.11 Å². The number of piperidine rings is 1. The van der Waals surface area contributed by atoms with Gasteiger partial charge in [-0.3, -0.25) is 4.90 Å². The van der Waals surface area contributed by atoms with E-state index in [1.54, 1.807) is 0 Å². The Kier molecular flexibility index (Phi) is 2.89. The lowest BCUT2D eigenvalue weighted by atomic mass is 9.69. The van der Waals surface area contributed by atoms with Crippen molar-refractivity contribution in [3.8, 4) is 0 Å². The Hall–Kier alpha value is -1.36. The van der Waals surface area contributed by atoms with E-state index in [9.17, 15) is 5.11 Å². The number of nitrogens with one attached hydrogen (secondary N) is 1. The van der Waals surface area contributed by atoms with Crippen LogP contribution in [0.15, 0.2) is 24.4 Å². The van der Waals surface area contributed by atoms with Crippen LogP contribution in [0.3, 0.4) is 0 Å². The van der Waals surface area contributed by atoms with Crippen molar-refractivity contribution in [3.05, 3.63) is 35.5 Å². The summed E-state index contributed by atoms with van der Waals surface area (Å²) in [7, 11) is 3.97. The van der Waals surface area contributed by atoms with Crippen molar-refractivity contribution < 1.29 is 9.84 Å². The minimum Gasteiger partial charge on any atom is -0.396 e. The highest BCUT2D eigenvalue weighted by Crippen LogP contribution is 2.49. The molecule has 1 aromatic carbocycles. The maximum atomic E-state index is 9.67. The second kappa shape index (κ2) is 4.57. The first-order chi connectivity index (χ1) is 10.2. The zero-order valence-electron chi connectivity index (χ0n) is 12.6. The standard InChI is InChI=1S/C17H22N2O2/c1-19-9-11(10-20)7-17(21-2)13-4-3-5-14-16(13)12(8-18-14)6-15(17)19/h3-5,8,11,15,18,20H,6-7,9-10H2,1-2H3/t11-,15+,17+/m0/s1. The van der Waals surface area contributed by atoms with E-state index in [4.69, 9.17) is 4.74 Å². The number of aromatic amines is 1. The largest absolute Gasteiger partial charge is 0.396 e. The normalized spacial score (nSPS) is 32.3. The minimum absolute atomic E-state index is 0.220. The highest BCUT2D eigenvalue weighted by Gasteiger charge is 2.51. The van der Waals surface area contributed by atoms with Crippen LogP contribution in [0.5, 0.6) is 0 Å². The Morgan fingerprint density at radius 1 is 1.48 bits per heavy atom. The van der Waals surface area contributed by atoms with Gasteiger partial charge in [0.05, 0.1) is 0 Å². The molecular weight excluding hydrogens is 264 g/mol. The van der Waals surface area contributed by atoms with Crippen LogP contribution < -0.4 is 0 Å². The molecule has 2 N–H and O–H groups in total. The first-order valence-corrected chi connectivity index (χ1v) is 7.65. The number of hydrogen-bond acceptors (Lipinski definition) is 3. The predicted molar refractivity (Wildman–Crippen MR) is 82.3 cm³/mol. The van der Waals surface area contributed by atoms with Gasteiger partial charge < -0.3 is 14.8 Å². The Morgan fingerprint density at radius 3 is 3.10 bits per heavy atom. The first kappa shape index (κ1) is 13.3. The van der Waals surface area contributed by atoms with Crippen LogP contribution in [0.1, 0.15) is 17.5 Å². The molecular formula is C17H22N2O2. The maximum Gasteiger partial charge on any atom is 0.110 e. The number of nitrogens with zero attached hydrogens (tertiary/aromatic N) is 1. The molecule has 2 aromatic rings. The van der Waals surface area contributed by atoms with E-state index in [2.05, 4.69) is 41.3 Å². The summed E-state index contributed by atoms with van der Waals surface area (Å²) in [5.41, 5.74) is 3.54. The molecule has 1 fully saturated rings. The summed E-state index contributed by atoms with van der Waals surface area (Å²) in [4.78, 5) is 5.75. The molecule has 2 heterocycles. The number of methoxy groups -OCH3 is 1. The van der Waals surface area contributed by atoms with Gasteiger partial charge in [-0.15, -0.1) is 0 Å². The molecule has 3 atom stereocenters. The maximum absolute atomic E-state index is 9.67. The molecule has 1 aliphatic heterocycles. The van der Waals surface area contributed by atoms with Gasteiger partial charge in [0.2, 0.25) is 0 Å². The van der Waals surface area contributed by atoms with Crippen LogP contribution >= 0.6 is 0 Å². The van der Waals surface area contributed by atoms with Gasteiger partial charge in [-0.2, -0.15) is 0 Å². The second-order valence-corrected chi connectivity index (χ2v) is 6.55. The van der Waals surface area contributed by atoms with Crippen LogP contribution in [0, 0.1) is 5.92 Å². The predicted octanol–water partition coefficient (Wildman–Crippen LogP) is 1.88. The van der Waals surface area contributed by atoms with Crippen LogP contribution in [0.25, 0.3) is 10.9 Å². The smallest absolute Gasteiger partial charge is 0.110 e. The fourth-order valence-corrected chi connectivity index (χ4v) is 4.56. The number of fused-ring (bicyclic) bond motifs is 2. The molecule has 0 bridgehead atoms. The number of likely N-dealkylation sites (tertiary alicyclic amines) is 1. The van der Waals surface area contributed by atoms with Gasteiger partial charge in [-0.25, -0.2) is 0 Å². The highest BCUT2D eigenvalue weighted by molar-refractivity contribution is 5.88. The van der Waals surface area contributed by atoms with Crippen LogP contribution in [-0.4, -0.2) is 48.3 Å². The van der Waals surface area contributed by atoms with Gasteiger partial charge in [0.15, 0.2) is 0 Å². The number of ether oxygens (including phenoxy) is 1. The summed E-state index contributed by atoms with van der Waals surface area (Å²) in [6, 6.07) is 6.76. The number of aromatic nitrogens is 1. The van der Waals surface area contributed by atoms with E-state index in [0.29, 0.717) is 6.04 Å². The Balaban J connectivity index is 1.96. The molecule has 21 heavy (non-hydrogen) atoms. The van der Waals surface area contributed by atoms with Crippen LogP contribution in [-0.2, 0) is 16.8 Å². The van der Waals surface area contributed by atoms with Gasteiger partial charge in [0, 0.05) is 43.4 Å². The summed E-state index contributed by atoms with van der Waals surface area (Å²) in [6.45, 7) is 1.15. The third-order valence-electron chi connectivity index (χ3n) is 5.49. The van der Waals surface area contributed by atoms with Gasteiger partial charge in [0.1, 0.15) is 5.60 Å². The van der Waals surface area contributed by atoms with Gasteiger partial charge >= 0.3 is 0 Å². The summed E-state index contributed by atoms with van der Waals surface area (Å²) < 4.78 is 6.14. The fourth-order valence-electron chi connectivity index (χ4n) is 4.56. The number of rotatable bonds is 2. The topological polar surface area (TPSA) is 48.5 Å². The lowest BCUT2D eigenvalue weighted by Gasteiger charge is -2.52. The highest BCUT2D eigenvalue weighted by atomic mass is 16.5. The van der Waals surface area contributed by atoms with E-state index in [-0.39, 0.29) is 18.1 Å². The molecule has 112 valence electrons. The van der Waals surface area contributed by atoms with Crippen molar-refractivity contribution in [2.75, 3.05) is 27.3 Å². The van der Waals surface area contributed by atoms with E-state index < -0.39 is 0 Å². The molecule has 4 heteroatoms. The first-order valence-electron chi connectivity index (χ1n) is 7.65. The number of hydrogen-bond donors (Lipinski definition) is 2. The molecule has 0 saturated carbocycles. The molecule has 0 spiro atoms. The molecule has 1 aromatic heterocycles. The number of aliphatic hydroxyl groups excluding tert-OH is 1. The Labute approximate surface area is 124 Å². The van der Waals surface area contributed by atoms with Crippen molar-refractivity contribution in [2.24, 2.45) is 5.92 Å². The van der Waals surface area contributed by atoms with Crippen molar-refractivity contribution in [3.63, 3.8) is 0 Å². The van der Waals surface area contributed by atoms with Gasteiger partial charge in [0.25, 0.3) is 0 Å². The Bertz CT molecular complexity index is 680. The molecule has 0 amide bonds. The lowest BCUT2D eigenvalue weighted by Crippen LogP contribution is -2.59. The SMILES string of the molecule is CO[C@@]12C[C@H](CO)CN(C)[C@@H]1Cc1c[nH]c3cccc2c13. The number of benzene rings is 1. The molecule has 4 nitrogen and oxygen atoms in total. The molecule has 1 saturated heterocycles. The molecule has 4 rings (SSSR count). The fraction of sp³-hybridized carbons (Fsp3) is 0.529. The van der Waals surface area contributed by atoms with Crippen molar-refractivity contribution in [1.82, 2.24) is 9.88 Å². The lowest BCUT2D eigenvalue weighted by molar-refractivity contribution is -0.130. The zero-order valence-corrected chi connectivity index (χ0v) is 12.6. The molecule has 0 radical (unpaired) electrons. The Morgan fingerprint density at radius 2 is 2.33 bits per heavy atom. The van der Waals surface area contributed by atoms with E-state index in [0.717, 1.165) is 19.4 Å². The number of likely N-dealkylation sites (N-methyl/N-ethyl adjacent to an activating group) is 1. The van der Waals surface area contributed by atoms with E-state index >= 15 is 0 Å². The van der Waals surface area contributed by atoms with Gasteiger partial charge in [-0.1, -0.05) is 12.1 Å². The average molecular weight is 286 g/mol. The third-order valence-corrected chi connectivity index (χ3v) is 5.49. The summed E-state index contributed by atoms with van der Waals surface area (Å²) in [5, 5.41) is 11.0. The summed E-state index contributed by atoms with van der Waals surface area (Å²) in [6.07, 6.45) is 4.03. The molecule has 1 aliphatic carbocycles. The zero-order chi connectivity index (χ0) is 14.6. The van der Waals surface area contributed by atoms with Crippen LogP contribution in [0.4, 0.5) is 0 Å². The monoisotopic (exact) mass is 286 g/mol. The summed E-state index contributed by atoms with van der Waals surface area (Å²) >= 11 is 0.